The number of aliphatic hydroxyl groups is 1. The van der Waals surface area contributed by atoms with Gasteiger partial charge in [0.1, 0.15) is 5.78 Å². The number of Topliss-reactive ketones (excluding diaryl/α,β-unsaturated/α-hetero) is 1. The summed E-state index contributed by atoms with van der Waals surface area (Å²) in [5.41, 5.74) is 2.40. The molecule has 0 aliphatic heterocycles. The van der Waals surface area contributed by atoms with Gasteiger partial charge >= 0.3 is 0 Å². The van der Waals surface area contributed by atoms with Crippen LogP contribution in [0.3, 0.4) is 0 Å². The third kappa shape index (κ3) is 2.65. The molecule has 0 spiro atoms. The molecule has 5 aliphatic rings. The van der Waals surface area contributed by atoms with Crippen LogP contribution in [0.15, 0.2) is 11.6 Å². The molecular formula is C30H48O2. The van der Waals surface area contributed by atoms with Crippen molar-refractivity contribution in [3.8, 4) is 0 Å². The van der Waals surface area contributed by atoms with E-state index in [4.69, 9.17) is 0 Å². The van der Waals surface area contributed by atoms with Crippen molar-refractivity contribution < 1.29 is 9.90 Å². The molecule has 2 nitrogen and oxygen atoms in total. The Morgan fingerprint density at radius 2 is 1.56 bits per heavy atom. The van der Waals surface area contributed by atoms with Crippen LogP contribution < -0.4 is 0 Å². The number of hydrogen-bond acceptors (Lipinski definition) is 2. The highest BCUT2D eigenvalue weighted by Gasteiger charge is 2.67. The molecule has 4 fully saturated rings. The second-order valence-electron chi connectivity index (χ2n) is 14.4. The Morgan fingerprint density at radius 1 is 0.906 bits per heavy atom. The lowest BCUT2D eigenvalue weighted by Gasteiger charge is -2.70. The lowest BCUT2D eigenvalue weighted by molar-refractivity contribution is -0.173. The normalized spacial score (nSPS) is 54.6. The molecule has 9 unspecified atom stereocenters. The van der Waals surface area contributed by atoms with Gasteiger partial charge in [-0.25, -0.2) is 0 Å². The van der Waals surface area contributed by atoms with Crippen molar-refractivity contribution in [3.05, 3.63) is 11.6 Å². The van der Waals surface area contributed by atoms with Crippen molar-refractivity contribution in [1.29, 1.82) is 0 Å². The zero-order chi connectivity index (χ0) is 23.3. The number of hydrogen-bond donors (Lipinski definition) is 1. The van der Waals surface area contributed by atoms with Crippen LogP contribution in [-0.2, 0) is 4.79 Å². The van der Waals surface area contributed by atoms with E-state index in [0.717, 1.165) is 25.2 Å². The average molecular weight is 441 g/mol. The third-order valence-corrected chi connectivity index (χ3v) is 12.9. The topological polar surface area (TPSA) is 37.3 Å². The quantitative estimate of drug-likeness (QED) is 0.438. The summed E-state index contributed by atoms with van der Waals surface area (Å²) in [6, 6.07) is 0. The molecule has 0 heterocycles. The number of ketones is 1. The first-order chi connectivity index (χ1) is 14.9. The fourth-order valence-corrected chi connectivity index (χ4v) is 11.2. The van der Waals surface area contributed by atoms with Gasteiger partial charge in [-0.15, -0.1) is 0 Å². The fourth-order valence-electron chi connectivity index (χ4n) is 11.2. The molecule has 0 bridgehead atoms. The van der Waals surface area contributed by atoms with E-state index in [9.17, 15) is 9.90 Å². The van der Waals surface area contributed by atoms with E-state index in [2.05, 4.69) is 54.5 Å². The zero-order valence-electron chi connectivity index (χ0n) is 21.9. The predicted octanol–water partition coefficient (Wildman–Crippen LogP) is 7.21. The highest BCUT2D eigenvalue weighted by Crippen LogP contribution is 2.74. The smallest absolute Gasteiger partial charge is 0.138 e. The van der Waals surface area contributed by atoms with Gasteiger partial charge in [0.05, 0.1) is 0 Å². The van der Waals surface area contributed by atoms with Gasteiger partial charge in [0.15, 0.2) is 0 Å². The molecule has 9 atom stereocenters. The summed E-state index contributed by atoms with van der Waals surface area (Å²) >= 11 is 0. The van der Waals surface area contributed by atoms with Gasteiger partial charge in [0, 0.05) is 23.9 Å². The van der Waals surface area contributed by atoms with Crippen LogP contribution in [0.25, 0.3) is 0 Å². The molecule has 5 rings (SSSR count). The summed E-state index contributed by atoms with van der Waals surface area (Å²) in [4.78, 5) is 12.9. The van der Waals surface area contributed by atoms with Crippen LogP contribution in [0, 0.1) is 56.7 Å². The Kier molecular flexibility index (Phi) is 5.03. The Morgan fingerprint density at radius 3 is 2.25 bits per heavy atom. The van der Waals surface area contributed by atoms with Crippen molar-refractivity contribution in [2.45, 2.75) is 106 Å². The maximum absolute atomic E-state index is 12.9. The molecule has 180 valence electrons. The first kappa shape index (κ1) is 23.1. The molecule has 2 heteroatoms. The minimum absolute atomic E-state index is 0.0910. The third-order valence-electron chi connectivity index (χ3n) is 12.9. The van der Waals surface area contributed by atoms with Crippen LogP contribution in [-0.4, -0.2) is 17.5 Å². The monoisotopic (exact) mass is 440 g/mol. The van der Waals surface area contributed by atoms with Gasteiger partial charge in [-0.2, -0.15) is 0 Å². The van der Waals surface area contributed by atoms with Crippen molar-refractivity contribution >= 4 is 5.78 Å². The largest absolute Gasteiger partial charge is 0.396 e. The van der Waals surface area contributed by atoms with Crippen molar-refractivity contribution in [3.63, 3.8) is 0 Å². The fraction of sp³-hybridized carbons (Fsp3) is 0.900. The molecular weight excluding hydrogens is 392 g/mol. The summed E-state index contributed by atoms with van der Waals surface area (Å²) in [6.07, 6.45) is 13.0. The summed E-state index contributed by atoms with van der Waals surface area (Å²) < 4.78 is 0. The number of allylic oxidation sites excluding steroid dienone is 2. The van der Waals surface area contributed by atoms with Crippen molar-refractivity contribution in [1.82, 2.24) is 0 Å². The van der Waals surface area contributed by atoms with E-state index < -0.39 is 0 Å². The molecule has 0 amide bonds. The minimum Gasteiger partial charge on any atom is -0.396 e. The Balaban J connectivity index is 1.59. The second kappa shape index (κ2) is 6.96. The number of carbonyl (C=O) groups excluding carboxylic acids is 1. The van der Waals surface area contributed by atoms with Crippen LogP contribution in [0.4, 0.5) is 0 Å². The summed E-state index contributed by atoms with van der Waals surface area (Å²) in [6.45, 7) is 17.5. The number of rotatable bonds is 1. The summed E-state index contributed by atoms with van der Waals surface area (Å²) in [7, 11) is 0. The molecule has 0 aromatic carbocycles. The maximum Gasteiger partial charge on any atom is 0.138 e. The molecule has 4 saturated carbocycles. The van der Waals surface area contributed by atoms with Gasteiger partial charge < -0.3 is 5.11 Å². The van der Waals surface area contributed by atoms with Crippen LogP contribution in [0.5, 0.6) is 0 Å². The second-order valence-corrected chi connectivity index (χ2v) is 14.4. The van der Waals surface area contributed by atoms with Gasteiger partial charge in [-0.05, 0) is 97.2 Å². The highest BCUT2D eigenvalue weighted by molar-refractivity contribution is 5.85. The van der Waals surface area contributed by atoms with Crippen LogP contribution in [0.2, 0.25) is 0 Å². The number of carbonyl (C=O) groups is 1. The molecule has 0 aromatic rings. The van der Waals surface area contributed by atoms with E-state index in [1.54, 1.807) is 5.57 Å². The Bertz CT molecular complexity index is 840. The van der Waals surface area contributed by atoms with Gasteiger partial charge in [-0.3, -0.25) is 4.79 Å². The average Bonchev–Trinajstić information content (AvgIpc) is 2.73. The minimum atomic E-state index is -0.171. The summed E-state index contributed by atoms with van der Waals surface area (Å²) in [5, 5.41) is 10.7. The van der Waals surface area contributed by atoms with Crippen molar-refractivity contribution in [2.24, 2.45) is 56.7 Å². The Hall–Kier alpha value is -0.630. The molecule has 0 saturated heterocycles. The lowest BCUT2D eigenvalue weighted by atomic mass is 9.34. The molecule has 0 aromatic heterocycles. The maximum atomic E-state index is 12.9. The lowest BCUT2D eigenvalue weighted by Crippen LogP contribution is -2.63. The van der Waals surface area contributed by atoms with E-state index in [-0.39, 0.29) is 27.1 Å². The molecule has 0 radical (unpaired) electrons. The van der Waals surface area contributed by atoms with Crippen molar-refractivity contribution in [2.75, 3.05) is 6.61 Å². The van der Waals surface area contributed by atoms with E-state index >= 15 is 0 Å². The SMILES string of the molecule is CC1CCC2(CO)CC=C3C(C)(CCC4C3(C)CCC3C(C)(C)C(=O)CCC34C)C2C1C. The number of aliphatic hydroxyl groups excluding tert-OH is 1. The highest BCUT2D eigenvalue weighted by atomic mass is 16.3. The first-order valence-corrected chi connectivity index (χ1v) is 13.7. The standard InChI is InChI=1S/C30H48O2/c1-19-8-16-30(18-31)17-11-23-28(6)13-9-21-26(3,4)24(32)12-15-27(21,5)22(28)10-14-29(23,7)25(30)20(19)2/h11,19-22,25,31H,8-10,12-18H2,1-7H3. The molecule has 32 heavy (non-hydrogen) atoms. The molecule has 1 N–H and O–H groups in total. The van der Waals surface area contributed by atoms with Crippen LogP contribution >= 0.6 is 0 Å². The van der Waals surface area contributed by atoms with E-state index in [0.29, 0.717) is 36.1 Å². The first-order valence-electron chi connectivity index (χ1n) is 13.7. The molecule has 5 aliphatic carbocycles. The summed E-state index contributed by atoms with van der Waals surface area (Å²) in [5.74, 6) is 3.71. The zero-order valence-corrected chi connectivity index (χ0v) is 21.9. The van der Waals surface area contributed by atoms with Crippen LogP contribution in [0.1, 0.15) is 106 Å². The van der Waals surface area contributed by atoms with E-state index in [1.807, 2.05) is 0 Å². The van der Waals surface area contributed by atoms with Gasteiger partial charge in [0.25, 0.3) is 0 Å². The van der Waals surface area contributed by atoms with Gasteiger partial charge in [0.2, 0.25) is 0 Å². The number of fused-ring (bicyclic) bond motifs is 7. The van der Waals surface area contributed by atoms with Gasteiger partial charge in [-0.1, -0.05) is 60.1 Å². The Labute approximate surface area is 197 Å². The predicted molar refractivity (Wildman–Crippen MR) is 131 cm³/mol. The van der Waals surface area contributed by atoms with E-state index in [1.165, 1.54) is 38.5 Å².